The maximum Gasteiger partial charge on any atom is 0.0886 e. The molecule has 0 saturated carbocycles. The Labute approximate surface area is 244 Å². The first-order valence-corrected chi connectivity index (χ1v) is 11.4. The number of nitrogens with zero attached hydrogens (tertiary/aromatic N) is 6. The molecule has 6 nitrogen and oxygen atoms in total. The predicted molar refractivity (Wildman–Crippen MR) is 142 cm³/mol. The van der Waals surface area contributed by atoms with Crippen LogP contribution < -0.4 is 0 Å². The van der Waals surface area contributed by atoms with E-state index in [-0.39, 0.29) is 35.6 Å². The summed E-state index contributed by atoms with van der Waals surface area (Å²) in [6.45, 7) is 0. The first-order valence-electron chi connectivity index (χ1n) is 11.4. The predicted octanol–water partition coefficient (Wildman–Crippen LogP) is 6.43. The molecule has 0 aromatic carbocycles. The zero-order valence-corrected chi connectivity index (χ0v) is 23.7. The Hall–Kier alpha value is -3.91. The molecule has 6 aromatic heterocycles. The fourth-order valence-corrected chi connectivity index (χ4v) is 3.09. The van der Waals surface area contributed by atoms with E-state index in [1.807, 2.05) is 109 Å². The third kappa shape index (κ3) is 9.24. The van der Waals surface area contributed by atoms with E-state index in [0.29, 0.717) is 0 Å². The molecule has 0 aliphatic carbocycles. The monoisotopic (exact) mass is 607 g/mol. The average molecular weight is 607 g/mol. The van der Waals surface area contributed by atoms with E-state index in [1.165, 1.54) is 0 Å². The Bertz CT molecular complexity index is 1100. The van der Waals surface area contributed by atoms with E-state index < -0.39 is 0 Å². The van der Waals surface area contributed by atoms with E-state index >= 15 is 0 Å². The molecule has 0 atom stereocenters. The van der Waals surface area contributed by atoms with Crippen molar-refractivity contribution >= 4 is 0 Å². The minimum absolute atomic E-state index is 0. The summed E-state index contributed by atoms with van der Waals surface area (Å²) >= 11 is 0. The van der Waals surface area contributed by atoms with Crippen molar-refractivity contribution in [3.8, 4) is 34.2 Å². The molecule has 0 saturated heterocycles. The molecule has 0 aliphatic rings. The first-order chi connectivity index (χ1) is 17.9. The van der Waals surface area contributed by atoms with Crippen LogP contribution in [-0.2, 0) is 0 Å². The van der Waals surface area contributed by atoms with Crippen LogP contribution in [0, 0.1) is 35.6 Å². The van der Waals surface area contributed by atoms with Crippen LogP contribution in [0.4, 0.5) is 0 Å². The van der Waals surface area contributed by atoms with E-state index in [4.69, 9.17) is 0 Å². The number of hydrogen-bond donors (Lipinski definition) is 0. The van der Waals surface area contributed by atoms with Gasteiger partial charge in [0.15, 0.2) is 0 Å². The third-order valence-corrected chi connectivity index (χ3v) is 4.78. The zero-order chi connectivity index (χ0) is 24.7. The van der Waals surface area contributed by atoms with Crippen molar-refractivity contribution in [2.75, 3.05) is 0 Å². The van der Waals surface area contributed by atoms with E-state index in [0.717, 1.165) is 34.2 Å². The minimum atomic E-state index is 0. The third-order valence-electron chi connectivity index (χ3n) is 4.78. The zero-order valence-electron chi connectivity index (χ0n) is 20.1. The van der Waals surface area contributed by atoms with Gasteiger partial charge in [-0.1, -0.05) is 36.4 Å². The minimum Gasteiger partial charge on any atom is -0.255 e. The summed E-state index contributed by atoms with van der Waals surface area (Å²) in [5.74, 6) is 0. The molecule has 0 spiro atoms. The summed E-state index contributed by atoms with van der Waals surface area (Å²) in [5.41, 5.74) is 5.49. The molecule has 0 aliphatic heterocycles. The maximum atomic E-state index is 4.19. The van der Waals surface area contributed by atoms with Crippen LogP contribution in [-0.4, -0.2) is 29.9 Å². The van der Waals surface area contributed by atoms with Crippen LogP contribution in [0.25, 0.3) is 34.2 Å². The van der Waals surface area contributed by atoms with Crippen LogP contribution in [0.1, 0.15) is 0 Å². The molecule has 177 valence electrons. The van der Waals surface area contributed by atoms with Gasteiger partial charge >= 0.3 is 0 Å². The van der Waals surface area contributed by atoms with Crippen LogP contribution in [0.2, 0.25) is 0 Å². The van der Waals surface area contributed by atoms with Gasteiger partial charge in [0.05, 0.1) is 34.2 Å². The van der Waals surface area contributed by atoms with Crippen LogP contribution >= 0.6 is 0 Å². The Morgan fingerprint density at radius 3 is 0.514 bits per heavy atom. The fraction of sp³-hybridized carbons (Fsp3) is 0. The molecule has 6 rings (SSSR count). The average Bonchev–Trinajstić information content (AvgIpc) is 3.01. The summed E-state index contributed by atoms with van der Waals surface area (Å²) in [6.07, 6.45) is 10.6. The molecule has 1 radical (unpaired) electrons. The van der Waals surface area contributed by atoms with Crippen LogP contribution in [0.5, 0.6) is 0 Å². The molecule has 0 fully saturated rings. The second-order valence-corrected chi connectivity index (χ2v) is 7.29. The molecule has 0 unspecified atom stereocenters. The number of aromatic nitrogens is 6. The molecular formula is C30H24LaN6. The van der Waals surface area contributed by atoms with E-state index in [1.54, 1.807) is 37.2 Å². The molecule has 0 bridgehead atoms. The van der Waals surface area contributed by atoms with Crippen molar-refractivity contribution in [3.63, 3.8) is 0 Å². The van der Waals surface area contributed by atoms with Gasteiger partial charge in [-0.3, -0.25) is 29.9 Å². The smallest absolute Gasteiger partial charge is 0.0886 e. The summed E-state index contributed by atoms with van der Waals surface area (Å²) in [4.78, 5) is 25.1. The van der Waals surface area contributed by atoms with Gasteiger partial charge in [0.1, 0.15) is 0 Å². The van der Waals surface area contributed by atoms with Crippen molar-refractivity contribution in [2.24, 2.45) is 0 Å². The summed E-state index contributed by atoms with van der Waals surface area (Å²) in [7, 11) is 0. The van der Waals surface area contributed by atoms with Gasteiger partial charge < -0.3 is 0 Å². The van der Waals surface area contributed by atoms with Gasteiger partial charge in [-0.25, -0.2) is 0 Å². The largest absolute Gasteiger partial charge is 0.255 e. The van der Waals surface area contributed by atoms with Crippen LogP contribution in [0.15, 0.2) is 146 Å². The van der Waals surface area contributed by atoms with Gasteiger partial charge in [-0.2, -0.15) is 0 Å². The second kappa shape index (κ2) is 16.0. The van der Waals surface area contributed by atoms with Crippen molar-refractivity contribution in [2.45, 2.75) is 0 Å². The van der Waals surface area contributed by atoms with Crippen molar-refractivity contribution < 1.29 is 35.6 Å². The molecule has 6 heterocycles. The topological polar surface area (TPSA) is 77.3 Å². The van der Waals surface area contributed by atoms with Gasteiger partial charge in [0, 0.05) is 72.8 Å². The molecule has 0 amide bonds. The quantitative estimate of drug-likeness (QED) is 0.231. The van der Waals surface area contributed by atoms with Crippen molar-refractivity contribution in [1.29, 1.82) is 0 Å². The Morgan fingerprint density at radius 2 is 0.405 bits per heavy atom. The fourth-order valence-electron chi connectivity index (χ4n) is 3.09. The molecule has 0 N–H and O–H groups in total. The first kappa shape index (κ1) is 27.7. The van der Waals surface area contributed by atoms with Crippen LogP contribution in [0.3, 0.4) is 0 Å². The second-order valence-electron chi connectivity index (χ2n) is 7.29. The molecule has 7 heteroatoms. The summed E-state index contributed by atoms with van der Waals surface area (Å²) < 4.78 is 0. The standard InChI is InChI=1S/3C10H8N2.La/c3*1-3-7-11-9(5-1)10-6-2-4-8-12-10;/h3*1-8H;. The SMILES string of the molecule is [La].c1ccc(-c2ccccn2)nc1.c1ccc(-c2ccccn2)nc1.c1ccc(-c2ccccn2)nc1. The van der Waals surface area contributed by atoms with Gasteiger partial charge in [-0.15, -0.1) is 0 Å². The summed E-state index contributed by atoms with van der Waals surface area (Å²) in [6, 6.07) is 34.8. The normalized spacial score (nSPS) is 9.41. The summed E-state index contributed by atoms with van der Waals surface area (Å²) in [5, 5.41) is 0. The Morgan fingerprint density at radius 1 is 0.243 bits per heavy atom. The number of pyridine rings is 6. The molecule has 37 heavy (non-hydrogen) atoms. The van der Waals surface area contributed by atoms with E-state index in [9.17, 15) is 0 Å². The molecule has 6 aromatic rings. The van der Waals surface area contributed by atoms with Gasteiger partial charge in [0.2, 0.25) is 0 Å². The Kier molecular flexibility index (Phi) is 11.9. The maximum absolute atomic E-state index is 4.19. The van der Waals surface area contributed by atoms with Gasteiger partial charge in [0.25, 0.3) is 0 Å². The molecular weight excluding hydrogens is 583 g/mol. The number of hydrogen-bond acceptors (Lipinski definition) is 6. The number of rotatable bonds is 3. The van der Waals surface area contributed by atoms with E-state index in [2.05, 4.69) is 29.9 Å². The Balaban J connectivity index is 0.000000152. The van der Waals surface area contributed by atoms with Gasteiger partial charge in [-0.05, 0) is 72.8 Å². The van der Waals surface area contributed by atoms with Crippen molar-refractivity contribution in [1.82, 2.24) is 29.9 Å². The van der Waals surface area contributed by atoms with Crippen molar-refractivity contribution in [3.05, 3.63) is 146 Å².